The van der Waals surface area contributed by atoms with Crippen LogP contribution in [0.2, 0.25) is 0 Å². The highest BCUT2D eigenvalue weighted by Crippen LogP contribution is 2.18. The van der Waals surface area contributed by atoms with Crippen molar-refractivity contribution in [3.05, 3.63) is 59.7 Å². The average molecular weight is 254 g/mol. The van der Waals surface area contributed by atoms with Crippen LogP contribution in [-0.4, -0.2) is 7.05 Å². The molecular weight excluding hydrogens is 232 g/mol. The number of hydrogen-bond acceptors (Lipinski definition) is 2. The lowest BCUT2D eigenvalue weighted by molar-refractivity contribution is 0.867. The molecule has 2 rings (SSSR count). The number of nitrogens with one attached hydrogen (secondary N) is 2. The highest BCUT2D eigenvalue weighted by atomic mass is 14.9. The molecule has 2 heteroatoms. The van der Waals surface area contributed by atoms with Crippen LogP contribution in [0.25, 0.3) is 0 Å². The van der Waals surface area contributed by atoms with Crippen molar-refractivity contribution in [3.8, 4) is 0 Å². The summed E-state index contributed by atoms with van der Waals surface area (Å²) in [7, 11) is 1.94. The Morgan fingerprint density at radius 2 is 1.68 bits per heavy atom. The number of hydrogen-bond donors (Lipinski definition) is 2. The van der Waals surface area contributed by atoms with Crippen molar-refractivity contribution >= 4 is 11.4 Å². The summed E-state index contributed by atoms with van der Waals surface area (Å²) in [6.07, 6.45) is 0. The van der Waals surface area contributed by atoms with E-state index in [4.69, 9.17) is 0 Å². The summed E-state index contributed by atoms with van der Waals surface area (Å²) in [5.41, 5.74) is 4.97. The van der Waals surface area contributed by atoms with Gasteiger partial charge < -0.3 is 10.6 Å². The van der Waals surface area contributed by atoms with Gasteiger partial charge in [-0.3, -0.25) is 0 Å². The minimum absolute atomic E-state index is 0.585. The van der Waals surface area contributed by atoms with E-state index in [-0.39, 0.29) is 0 Å². The maximum atomic E-state index is 3.45. The molecule has 0 amide bonds. The lowest BCUT2D eigenvalue weighted by atomic mass is 10.0. The van der Waals surface area contributed by atoms with Crippen LogP contribution in [-0.2, 0) is 6.54 Å². The molecule has 0 bridgehead atoms. The van der Waals surface area contributed by atoms with Gasteiger partial charge in [-0.05, 0) is 41.3 Å². The second-order valence-electron chi connectivity index (χ2n) is 5.08. The van der Waals surface area contributed by atoms with Crippen LogP contribution in [0.5, 0.6) is 0 Å². The first-order valence-electron chi connectivity index (χ1n) is 6.79. The molecule has 0 aromatic heterocycles. The summed E-state index contributed by atoms with van der Waals surface area (Å²) in [4.78, 5) is 0. The Labute approximate surface area is 115 Å². The monoisotopic (exact) mass is 254 g/mol. The Bertz CT molecular complexity index is 515. The molecule has 0 saturated heterocycles. The standard InChI is InChI=1S/C17H22N2/c1-13(2)15-7-9-16(10-8-15)19-12-14-5-4-6-17(11-14)18-3/h4-11,13,18-19H,12H2,1-3H3. The Morgan fingerprint density at radius 3 is 2.32 bits per heavy atom. The van der Waals surface area contributed by atoms with Crippen molar-refractivity contribution in [1.82, 2.24) is 0 Å². The Hall–Kier alpha value is -1.96. The highest BCUT2D eigenvalue weighted by Gasteiger charge is 1.99. The van der Waals surface area contributed by atoms with E-state index in [0.717, 1.165) is 12.2 Å². The molecule has 2 aromatic carbocycles. The zero-order valence-electron chi connectivity index (χ0n) is 11.9. The topological polar surface area (TPSA) is 24.1 Å². The third-order valence-corrected chi connectivity index (χ3v) is 3.29. The molecule has 0 fully saturated rings. The predicted octanol–water partition coefficient (Wildman–Crippen LogP) is 4.46. The first kappa shape index (κ1) is 13.5. The van der Waals surface area contributed by atoms with E-state index in [2.05, 4.69) is 73.0 Å². The molecule has 0 atom stereocenters. The summed E-state index contributed by atoms with van der Waals surface area (Å²) in [6, 6.07) is 17.1. The molecule has 0 aliphatic rings. The molecule has 0 aliphatic carbocycles. The largest absolute Gasteiger partial charge is 0.388 e. The molecular formula is C17H22N2. The van der Waals surface area contributed by atoms with Crippen molar-refractivity contribution in [2.75, 3.05) is 17.7 Å². The zero-order valence-corrected chi connectivity index (χ0v) is 11.9. The maximum absolute atomic E-state index is 3.45. The first-order chi connectivity index (χ1) is 9.19. The molecule has 0 saturated carbocycles. The van der Waals surface area contributed by atoms with Gasteiger partial charge in [-0.25, -0.2) is 0 Å². The smallest absolute Gasteiger partial charge is 0.0401 e. The molecule has 0 spiro atoms. The highest BCUT2D eigenvalue weighted by molar-refractivity contribution is 5.48. The molecule has 100 valence electrons. The predicted molar refractivity (Wildman–Crippen MR) is 83.8 cm³/mol. The van der Waals surface area contributed by atoms with Crippen LogP contribution in [0.4, 0.5) is 11.4 Å². The fourth-order valence-corrected chi connectivity index (χ4v) is 2.03. The maximum Gasteiger partial charge on any atom is 0.0401 e. The number of rotatable bonds is 5. The second kappa shape index (κ2) is 6.28. The molecule has 2 nitrogen and oxygen atoms in total. The molecule has 0 aliphatic heterocycles. The molecule has 0 heterocycles. The first-order valence-corrected chi connectivity index (χ1v) is 6.79. The lowest BCUT2D eigenvalue weighted by Gasteiger charge is -2.10. The van der Waals surface area contributed by atoms with Gasteiger partial charge >= 0.3 is 0 Å². The summed E-state index contributed by atoms with van der Waals surface area (Å²) in [5, 5.41) is 6.61. The number of anilines is 2. The van der Waals surface area contributed by atoms with Crippen molar-refractivity contribution in [3.63, 3.8) is 0 Å². The van der Waals surface area contributed by atoms with Gasteiger partial charge in [0, 0.05) is 25.0 Å². The van der Waals surface area contributed by atoms with Gasteiger partial charge in [0.2, 0.25) is 0 Å². The van der Waals surface area contributed by atoms with Gasteiger partial charge in [-0.2, -0.15) is 0 Å². The second-order valence-corrected chi connectivity index (χ2v) is 5.08. The van der Waals surface area contributed by atoms with Crippen molar-refractivity contribution in [1.29, 1.82) is 0 Å². The van der Waals surface area contributed by atoms with E-state index in [9.17, 15) is 0 Å². The minimum atomic E-state index is 0.585. The molecule has 2 N–H and O–H groups in total. The summed E-state index contributed by atoms with van der Waals surface area (Å²) in [6.45, 7) is 5.27. The summed E-state index contributed by atoms with van der Waals surface area (Å²) < 4.78 is 0. The quantitative estimate of drug-likeness (QED) is 0.823. The molecule has 19 heavy (non-hydrogen) atoms. The van der Waals surface area contributed by atoms with E-state index in [1.54, 1.807) is 0 Å². The lowest BCUT2D eigenvalue weighted by Crippen LogP contribution is -2.00. The van der Waals surface area contributed by atoms with Gasteiger partial charge in [-0.15, -0.1) is 0 Å². The van der Waals surface area contributed by atoms with E-state index >= 15 is 0 Å². The molecule has 0 radical (unpaired) electrons. The van der Waals surface area contributed by atoms with Gasteiger partial charge in [-0.1, -0.05) is 38.1 Å². The van der Waals surface area contributed by atoms with Crippen LogP contribution in [0.15, 0.2) is 48.5 Å². The van der Waals surface area contributed by atoms with E-state index < -0.39 is 0 Å². The fourth-order valence-electron chi connectivity index (χ4n) is 2.03. The van der Waals surface area contributed by atoms with Crippen LogP contribution in [0.3, 0.4) is 0 Å². The average Bonchev–Trinajstić information content (AvgIpc) is 2.46. The Kier molecular flexibility index (Phi) is 4.45. The van der Waals surface area contributed by atoms with Crippen LogP contribution < -0.4 is 10.6 Å². The molecule has 0 unspecified atom stereocenters. The minimum Gasteiger partial charge on any atom is -0.388 e. The Balaban J connectivity index is 1.98. The van der Waals surface area contributed by atoms with Crippen LogP contribution in [0.1, 0.15) is 30.9 Å². The zero-order chi connectivity index (χ0) is 13.7. The van der Waals surface area contributed by atoms with Gasteiger partial charge in [0.1, 0.15) is 0 Å². The van der Waals surface area contributed by atoms with E-state index in [1.165, 1.54) is 16.8 Å². The van der Waals surface area contributed by atoms with Gasteiger partial charge in [0.25, 0.3) is 0 Å². The Morgan fingerprint density at radius 1 is 0.947 bits per heavy atom. The van der Waals surface area contributed by atoms with E-state index in [1.807, 2.05) is 7.05 Å². The third kappa shape index (κ3) is 3.75. The van der Waals surface area contributed by atoms with Gasteiger partial charge in [0.05, 0.1) is 0 Å². The normalized spacial score (nSPS) is 10.5. The third-order valence-electron chi connectivity index (χ3n) is 3.29. The van der Waals surface area contributed by atoms with Crippen molar-refractivity contribution < 1.29 is 0 Å². The van der Waals surface area contributed by atoms with Crippen molar-refractivity contribution in [2.45, 2.75) is 26.3 Å². The summed E-state index contributed by atoms with van der Waals surface area (Å²) >= 11 is 0. The van der Waals surface area contributed by atoms with E-state index in [0.29, 0.717) is 5.92 Å². The summed E-state index contributed by atoms with van der Waals surface area (Å²) in [5.74, 6) is 0.585. The number of benzene rings is 2. The van der Waals surface area contributed by atoms with Gasteiger partial charge in [0.15, 0.2) is 0 Å². The SMILES string of the molecule is CNc1cccc(CNc2ccc(C(C)C)cc2)c1. The van der Waals surface area contributed by atoms with Crippen molar-refractivity contribution in [2.24, 2.45) is 0 Å². The van der Waals surface area contributed by atoms with Crippen LogP contribution in [0, 0.1) is 0 Å². The molecule has 2 aromatic rings. The van der Waals surface area contributed by atoms with Crippen LogP contribution >= 0.6 is 0 Å². The fraction of sp³-hybridized carbons (Fsp3) is 0.294.